The van der Waals surface area contributed by atoms with Gasteiger partial charge in [-0.05, 0) is 31.2 Å². The number of nitrogens with one attached hydrogen (secondary N) is 1. The first-order valence-electron chi connectivity index (χ1n) is 6.30. The van der Waals surface area contributed by atoms with Gasteiger partial charge in [0.1, 0.15) is 5.01 Å². The average Bonchev–Trinajstić information content (AvgIpc) is 2.82. The third-order valence-corrected chi connectivity index (χ3v) is 3.96. The second kappa shape index (κ2) is 6.21. The van der Waals surface area contributed by atoms with Crippen LogP contribution in [-0.4, -0.2) is 11.5 Å². The molecule has 2 nitrogen and oxygen atoms in total. The maximum Gasteiger partial charge on any atom is 0.159 e. The van der Waals surface area contributed by atoms with E-state index in [1.807, 2.05) is 13.8 Å². The van der Waals surface area contributed by atoms with Crippen molar-refractivity contribution in [3.8, 4) is 10.6 Å². The van der Waals surface area contributed by atoms with E-state index >= 15 is 0 Å². The predicted octanol–water partition coefficient (Wildman–Crippen LogP) is 3.76. The number of halogens is 2. The van der Waals surface area contributed by atoms with Gasteiger partial charge in [0.25, 0.3) is 0 Å². The molecule has 0 aliphatic carbocycles. The Hall–Kier alpha value is -1.33. The molecule has 0 aliphatic rings. The van der Waals surface area contributed by atoms with Gasteiger partial charge in [-0.15, -0.1) is 11.3 Å². The minimum Gasteiger partial charge on any atom is -0.312 e. The van der Waals surface area contributed by atoms with Gasteiger partial charge in [0.15, 0.2) is 11.6 Å². The summed E-state index contributed by atoms with van der Waals surface area (Å²) >= 11 is 1.53. The van der Waals surface area contributed by atoms with Gasteiger partial charge in [0, 0.05) is 17.0 Å². The third kappa shape index (κ3) is 3.16. The van der Waals surface area contributed by atoms with Gasteiger partial charge in [-0.2, -0.15) is 0 Å². The van der Waals surface area contributed by atoms with Crippen molar-refractivity contribution < 1.29 is 8.78 Å². The van der Waals surface area contributed by atoms with Gasteiger partial charge in [-0.1, -0.05) is 13.8 Å². The summed E-state index contributed by atoms with van der Waals surface area (Å²) in [5, 5.41) is 4.00. The molecule has 0 unspecified atom stereocenters. The maximum absolute atomic E-state index is 13.2. The molecule has 2 aromatic rings. The molecule has 0 saturated heterocycles. The Kier molecular flexibility index (Phi) is 4.61. The van der Waals surface area contributed by atoms with E-state index in [0.717, 1.165) is 41.2 Å². The van der Waals surface area contributed by atoms with E-state index in [4.69, 9.17) is 0 Å². The van der Waals surface area contributed by atoms with Crippen LogP contribution in [0.2, 0.25) is 0 Å². The maximum atomic E-state index is 13.2. The number of aromatic nitrogens is 1. The number of rotatable bonds is 5. The van der Waals surface area contributed by atoms with Crippen molar-refractivity contribution in [1.82, 2.24) is 10.3 Å². The highest BCUT2D eigenvalue weighted by atomic mass is 32.1. The van der Waals surface area contributed by atoms with Crippen molar-refractivity contribution in [2.24, 2.45) is 0 Å². The molecule has 1 heterocycles. The summed E-state index contributed by atoms with van der Waals surface area (Å²) in [6.45, 7) is 5.74. The summed E-state index contributed by atoms with van der Waals surface area (Å²) in [4.78, 5) is 5.67. The Balaban J connectivity index is 2.33. The molecule has 102 valence electrons. The van der Waals surface area contributed by atoms with E-state index in [0.29, 0.717) is 5.56 Å². The second-order valence-electron chi connectivity index (χ2n) is 4.15. The molecule has 19 heavy (non-hydrogen) atoms. The zero-order chi connectivity index (χ0) is 13.8. The normalized spacial score (nSPS) is 10.9. The van der Waals surface area contributed by atoms with Crippen LogP contribution in [0.3, 0.4) is 0 Å². The molecule has 0 saturated carbocycles. The molecule has 1 aromatic heterocycles. The molecule has 1 aromatic carbocycles. The van der Waals surface area contributed by atoms with E-state index in [1.165, 1.54) is 17.4 Å². The quantitative estimate of drug-likeness (QED) is 0.903. The van der Waals surface area contributed by atoms with Crippen LogP contribution in [0, 0.1) is 11.6 Å². The summed E-state index contributed by atoms with van der Waals surface area (Å²) in [5.74, 6) is -1.66. The minimum atomic E-state index is -0.834. The molecular weight excluding hydrogens is 266 g/mol. The lowest BCUT2D eigenvalue weighted by molar-refractivity contribution is 0.509. The van der Waals surface area contributed by atoms with Gasteiger partial charge in [0.05, 0.1) is 5.69 Å². The Labute approximate surface area is 115 Å². The van der Waals surface area contributed by atoms with Crippen LogP contribution in [-0.2, 0) is 13.0 Å². The zero-order valence-corrected chi connectivity index (χ0v) is 11.8. The fourth-order valence-corrected chi connectivity index (χ4v) is 2.90. The SMILES string of the molecule is CCNCc1sc(-c2ccc(F)c(F)c2)nc1CC. The van der Waals surface area contributed by atoms with Gasteiger partial charge < -0.3 is 5.32 Å². The number of thiazole rings is 1. The van der Waals surface area contributed by atoms with Crippen molar-refractivity contribution in [3.63, 3.8) is 0 Å². The van der Waals surface area contributed by atoms with Crippen LogP contribution in [0.5, 0.6) is 0 Å². The van der Waals surface area contributed by atoms with Crippen LogP contribution in [0.15, 0.2) is 18.2 Å². The van der Waals surface area contributed by atoms with Gasteiger partial charge in [-0.3, -0.25) is 0 Å². The van der Waals surface area contributed by atoms with Gasteiger partial charge in [0.2, 0.25) is 0 Å². The van der Waals surface area contributed by atoms with Crippen molar-refractivity contribution in [2.45, 2.75) is 26.8 Å². The summed E-state index contributed by atoms with van der Waals surface area (Å²) in [6.07, 6.45) is 0.834. The van der Waals surface area contributed by atoms with Crippen LogP contribution >= 0.6 is 11.3 Å². The van der Waals surface area contributed by atoms with Crippen LogP contribution < -0.4 is 5.32 Å². The lowest BCUT2D eigenvalue weighted by atomic mass is 10.2. The summed E-state index contributed by atoms with van der Waals surface area (Å²) in [7, 11) is 0. The monoisotopic (exact) mass is 282 g/mol. The van der Waals surface area contributed by atoms with Gasteiger partial charge >= 0.3 is 0 Å². The van der Waals surface area contributed by atoms with Crippen LogP contribution in [0.1, 0.15) is 24.4 Å². The molecule has 0 bridgehead atoms. The summed E-state index contributed by atoms with van der Waals surface area (Å²) in [5.41, 5.74) is 1.65. The molecule has 1 N–H and O–H groups in total. The molecule has 0 aliphatic heterocycles. The first kappa shape index (κ1) is 14.1. The lowest BCUT2D eigenvalue weighted by Gasteiger charge is -1.99. The number of aryl methyl sites for hydroxylation is 1. The Morgan fingerprint density at radius 1 is 1.21 bits per heavy atom. The van der Waals surface area contributed by atoms with E-state index in [1.54, 1.807) is 6.07 Å². The minimum absolute atomic E-state index is 0.626. The van der Waals surface area contributed by atoms with E-state index in [9.17, 15) is 8.78 Å². The summed E-state index contributed by atoms with van der Waals surface area (Å²) < 4.78 is 26.2. The van der Waals surface area contributed by atoms with Crippen molar-refractivity contribution in [1.29, 1.82) is 0 Å². The molecule has 2 rings (SSSR count). The molecule has 0 atom stereocenters. The fraction of sp³-hybridized carbons (Fsp3) is 0.357. The molecular formula is C14H16F2N2S. The van der Waals surface area contributed by atoms with Crippen molar-refractivity contribution >= 4 is 11.3 Å². The van der Waals surface area contributed by atoms with Crippen LogP contribution in [0.25, 0.3) is 10.6 Å². The Morgan fingerprint density at radius 3 is 2.63 bits per heavy atom. The molecule has 0 radical (unpaired) electrons. The zero-order valence-electron chi connectivity index (χ0n) is 11.0. The molecule has 0 amide bonds. The molecule has 5 heteroatoms. The van der Waals surface area contributed by atoms with Crippen LogP contribution in [0.4, 0.5) is 8.78 Å². The Morgan fingerprint density at radius 2 is 2.00 bits per heavy atom. The second-order valence-corrected chi connectivity index (χ2v) is 5.24. The first-order valence-corrected chi connectivity index (χ1v) is 7.12. The highest BCUT2D eigenvalue weighted by Crippen LogP contribution is 2.29. The number of nitrogens with zero attached hydrogens (tertiary/aromatic N) is 1. The smallest absolute Gasteiger partial charge is 0.159 e. The lowest BCUT2D eigenvalue weighted by Crippen LogP contribution is -2.11. The largest absolute Gasteiger partial charge is 0.312 e. The molecule has 0 spiro atoms. The van der Waals surface area contributed by atoms with Crippen molar-refractivity contribution in [2.75, 3.05) is 6.54 Å². The topological polar surface area (TPSA) is 24.9 Å². The average molecular weight is 282 g/mol. The number of hydrogen-bond donors (Lipinski definition) is 1. The van der Waals surface area contributed by atoms with E-state index in [2.05, 4.69) is 10.3 Å². The highest BCUT2D eigenvalue weighted by molar-refractivity contribution is 7.15. The third-order valence-electron chi connectivity index (χ3n) is 2.82. The van der Waals surface area contributed by atoms with Gasteiger partial charge in [-0.25, -0.2) is 13.8 Å². The Bertz CT molecular complexity index is 567. The number of benzene rings is 1. The fourth-order valence-electron chi connectivity index (χ4n) is 1.79. The van der Waals surface area contributed by atoms with E-state index in [-0.39, 0.29) is 0 Å². The highest BCUT2D eigenvalue weighted by Gasteiger charge is 2.12. The number of hydrogen-bond acceptors (Lipinski definition) is 3. The van der Waals surface area contributed by atoms with E-state index < -0.39 is 11.6 Å². The van der Waals surface area contributed by atoms with Crippen molar-refractivity contribution in [3.05, 3.63) is 40.4 Å². The standard InChI is InChI=1S/C14H16F2N2S/c1-3-12-13(8-17-4-2)19-14(18-12)9-5-6-10(15)11(16)7-9/h5-7,17H,3-4,8H2,1-2H3. The summed E-state index contributed by atoms with van der Waals surface area (Å²) in [6, 6.07) is 3.90. The molecule has 0 fully saturated rings. The first-order chi connectivity index (χ1) is 9.15. The predicted molar refractivity (Wildman–Crippen MR) is 74.2 cm³/mol.